The van der Waals surface area contributed by atoms with Gasteiger partial charge < -0.3 is 10.2 Å². The summed E-state index contributed by atoms with van der Waals surface area (Å²) in [6, 6.07) is 7.71. The van der Waals surface area contributed by atoms with Crippen LogP contribution in [0.15, 0.2) is 24.3 Å². The average Bonchev–Trinajstić information content (AvgIpc) is 2.61. The van der Waals surface area contributed by atoms with Crippen LogP contribution in [0.25, 0.3) is 0 Å². The third-order valence-electron chi connectivity index (χ3n) is 4.18. The molecule has 6 heteroatoms. The first-order chi connectivity index (χ1) is 11.6. The van der Waals surface area contributed by atoms with Gasteiger partial charge in [0.2, 0.25) is 11.8 Å². The molecule has 1 fully saturated rings. The van der Waals surface area contributed by atoms with Crippen molar-refractivity contribution in [3.63, 3.8) is 0 Å². The molecule has 0 spiro atoms. The molecule has 0 atom stereocenters. The highest BCUT2D eigenvalue weighted by atomic mass is 35.5. The molecule has 4 nitrogen and oxygen atoms in total. The second kappa shape index (κ2) is 9.94. The fourth-order valence-electron chi connectivity index (χ4n) is 2.71. The van der Waals surface area contributed by atoms with E-state index in [-0.39, 0.29) is 17.7 Å². The number of piperidine rings is 1. The summed E-state index contributed by atoms with van der Waals surface area (Å²) < 4.78 is 0. The number of halogens is 1. The highest BCUT2D eigenvalue weighted by Crippen LogP contribution is 2.20. The van der Waals surface area contributed by atoms with Crippen LogP contribution in [0.3, 0.4) is 0 Å². The van der Waals surface area contributed by atoms with Gasteiger partial charge in [-0.3, -0.25) is 9.59 Å². The zero-order valence-corrected chi connectivity index (χ0v) is 15.7. The lowest BCUT2D eigenvalue weighted by Crippen LogP contribution is -2.43. The standard InChI is InChI=1S/C18H25ClN2O2S/c1-2-9-20-18(23)15-7-10-21(11-8-15)17(22)13-24-12-14-3-5-16(19)6-4-14/h3-6,15H,2,7-13H2,1H3,(H,20,23). The fourth-order valence-corrected chi connectivity index (χ4v) is 3.73. The molecule has 2 rings (SSSR count). The highest BCUT2D eigenvalue weighted by molar-refractivity contribution is 7.99. The maximum Gasteiger partial charge on any atom is 0.232 e. The lowest BCUT2D eigenvalue weighted by Gasteiger charge is -2.31. The van der Waals surface area contributed by atoms with Crippen molar-refractivity contribution in [2.75, 3.05) is 25.4 Å². The first-order valence-electron chi connectivity index (χ1n) is 8.47. The maximum absolute atomic E-state index is 12.3. The van der Waals surface area contributed by atoms with E-state index in [1.54, 1.807) is 11.8 Å². The minimum absolute atomic E-state index is 0.0577. The van der Waals surface area contributed by atoms with Crippen molar-refractivity contribution < 1.29 is 9.59 Å². The number of rotatable bonds is 7. The number of nitrogens with zero attached hydrogens (tertiary/aromatic N) is 1. The minimum Gasteiger partial charge on any atom is -0.356 e. The zero-order valence-electron chi connectivity index (χ0n) is 14.1. The number of carbonyl (C=O) groups is 2. The van der Waals surface area contributed by atoms with Gasteiger partial charge in [-0.15, -0.1) is 11.8 Å². The van der Waals surface area contributed by atoms with E-state index in [1.807, 2.05) is 36.1 Å². The summed E-state index contributed by atoms with van der Waals surface area (Å²) >= 11 is 7.48. The van der Waals surface area contributed by atoms with Crippen LogP contribution in [0.1, 0.15) is 31.7 Å². The van der Waals surface area contributed by atoms with Crippen molar-refractivity contribution in [1.82, 2.24) is 10.2 Å². The summed E-state index contributed by atoms with van der Waals surface area (Å²) in [6.45, 7) is 4.15. The van der Waals surface area contributed by atoms with Crippen molar-refractivity contribution >= 4 is 35.2 Å². The Hall–Kier alpha value is -1.20. The number of benzene rings is 1. The van der Waals surface area contributed by atoms with Gasteiger partial charge in [-0.2, -0.15) is 0 Å². The molecule has 0 aliphatic carbocycles. The highest BCUT2D eigenvalue weighted by Gasteiger charge is 2.26. The molecule has 0 bridgehead atoms. The number of hydrogen-bond donors (Lipinski definition) is 1. The van der Waals surface area contributed by atoms with Crippen LogP contribution in [-0.4, -0.2) is 42.1 Å². The van der Waals surface area contributed by atoms with Crippen LogP contribution in [0.5, 0.6) is 0 Å². The summed E-state index contributed by atoms with van der Waals surface area (Å²) in [6.07, 6.45) is 2.49. The van der Waals surface area contributed by atoms with Gasteiger partial charge in [-0.25, -0.2) is 0 Å². The number of hydrogen-bond acceptors (Lipinski definition) is 3. The van der Waals surface area contributed by atoms with Crippen molar-refractivity contribution in [3.05, 3.63) is 34.9 Å². The second-order valence-corrected chi connectivity index (χ2v) is 7.49. The SMILES string of the molecule is CCCNC(=O)C1CCN(C(=O)CSCc2ccc(Cl)cc2)CC1. The Morgan fingerprint density at radius 1 is 1.25 bits per heavy atom. The monoisotopic (exact) mass is 368 g/mol. The van der Waals surface area contributed by atoms with Crippen LogP contribution in [0.2, 0.25) is 5.02 Å². The molecule has 1 aliphatic heterocycles. The van der Waals surface area contributed by atoms with Crippen molar-refractivity contribution in [3.8, 4) is 0 Å². The Morgan fingerprint density at radius 2 is 1.92 bits per heavy atom. The average molecular weight is 369 g/mol. The van der Waals surface area contributed by atoms with Gasteiger partial charge >= 0.3 is 0 Å². The normalized spacial score (nSPS) is 15.3. The Morgan fingerprint density at radius 3 is 2.54 bits per heavy atom. The summed E-state index contributed by atoms with van der Waals surface area (Å²) in [7, 11) is 0. The van der Waals surface area contributed by atoms with Gasteiger partial charge in [0.1, 0.15) is 0 Å². The molecule has 24 heavy (non-hydrogen) atoms. The van der Waals surface area contributed by atoms with Gasteiger partial charge in [0, 0.05) is 36.3 Å². The van der Waals surface area contributed by atoms with Crippen LogP contribution < -0.4 is 5.32 Å². The maximum atomic E-state index is 12.3. The summed E-state index contributed by atoms with van der Waals surface area (Å²) in [5.41, 5.74) is 1.17. The number of likely N-dealkylation sites (tertiary alicyclic amines) is 1. The summed E-state index contributed by atoms with van der Waals surface area (Å²) in [5, 5.41) is 3.67. The topological polar surface area (TPSA) is 49.4 Å². The largest absolute Gasteiger partial charge is 0.356 e. The molecule has 1 saturated heterocycles. The predicted molar refractivity (Wildman–Crippen MR) is 100 cm³/mol. The minimum atomic E-state index is 0.0577. The number of amides is 2. The quantitative estimate of drug-likeness (QED) is 0.803. The van der Waals surface area contributed by atoms with E-state index >= 15 is 0 Å². The van der Waals surface area contributed by atoms with Crippen molar-refractivity contribution in [2.24, 2.45) is 5.92 Å². The van der Waals surface area contributed by atoms with Gasteiger partial charge in [-0.05, 0) is 37.0 Å². The predicted octanol–water partition coefficient (Wildman–Crippen LogP) is 3.34. The molecule has 0 aromatic heterocycles. The number of thioether (sulfide) groups is 1. The van der Waals surface area contributed by atoms with E-state index in [1.165, 1.54) is 5.56 Å². The van der Waals surface area contributed by atoms with E-state index < -0.39 is 0 Å². The Bertz CT molecular complexity index is 542. The Kier molecular flexibility index (Phi) is 7.92. The van der Waals surface area contributed by atoms with E-state index in [2.05, 4.69) is 5.32 Å². The number of carbonyl (C=O) groups excluding carboxylic acids is 2. The lowest BCUT2D eigenvalue weighted by atomic mass is 9.96. The molecule has 0 unspecified atom stereocenters. The third kappa shape index (κ3) is 6.02. The van der Waals surface area contributed by atoms with Crippen LogP contribution >= 0.6 is 23.4 Å². The summed E-state index contributed by atoms with van der Waals surface area (Å²) in [4.78, 5) is 26.1. The summed E-state index contributed by atoms with van der Waals surface area (Å²) in [5.74, 6) is 1.65. The van der Waals surface area contributed by atoms with Gasteiger partial charge in [0.05, 0.1) is 5.75 Å². The molecule has 1 aromatic carbocycles. The van der Waals surface area contributed by atoms with Crippen LogP contribution in [-0.2, 0) is 15.3 Å². The lowest BCUT2D eigenvalue weighted by molar-refractivity contribution is -0.133. The van der Waals surface area contributed by atoms with Crippen molar-refractivity contribution in [2.45, 2.75) is 31.9 Å². The Balaban J connectivity index is 1.67. The van der Waals surface area contributed by atoms with E-state index in [9.17, 15) is 9.59 Å². The molecule has 1 aromatic rings. The third-order valence-corrected chi connectivity index (χ3v) is 5.42. The van der Waals surface area contributed by atoms with E-state index in [0.29, 0.717) is 18.8 Å². The van der Waals surface area contributed by atoms with Crippen LogP contribution in [0.4, 0.5) is 0 Å². The van der Waals surface area contributed by atoms with Gasteiger partial charge in [0.15, 0.2) is 0 Å². The fraction of sp³-hybridized carbons (Fsp3) is 0.556. The zero-order chi connectivity index (χ0) is 17.4. The van der Waals surface area contributed by atoms with E-state index in [4.69, 9.17) is 11.6 Å². The molecule has 2 amide bonds. The molecular weight excluding hydrogens is 344 g/mol. The first kappa shape index (κ1) is 19.1. The smallest absolute Gasteiger partial charge is 0.232 e. The molecule has 0 saturated carbocycles. The molecule has 0 radical (unpaired) electrons. The molecule has 132 valence electrons. The van der Waals surface area contributed by atoms with Crippen LogP contribution in [0, 0.1) is 5.92 Å². The molecule has 1 aliphatic rings. The Labute approximate surface area is 153 Å². The molecule has 1 N–H and O–H groups in total. The first-order valence-corrected chi connectivity index (χ1v) is 10.0. The van der Waals surface area contributed by atoms with E-state index in [0.717, 1.165) is 36.6 Å². The van der Waals surface area contributed by atoms with Gasteiger partial charge in [-0.1, -0.05) is 30.7 Å². The second-order valence-electron chi connectivity index (χ2n) is 6.07. The van der Waals surface area contributed by atoms with Gasteiger partial charge in [0.25, 0.3) is 0 Å². The van der Waals surface area contributed by atoms with Crippen molar-refractivity contribution in [1.29, 1.82) is 0 Å². The molecular formula is C18H25ClN2O2S. The number of nitrogens with one attached hydrogen (secondary N) is 1. The molecule has 1 heterocycles.